The highest BCUT2D eigenvalue weighted by atomic mass is 35.5. The van der Waals surface area contributed by atoms with Crippen molar-refractivity contribution >= 4 is 29.2 Å². The minimum absolute atomic E-state index is 0.107. The number of carbonyl (C=O) groups is 2. The number of halogens is 1. The van der Waals surface area contributed by atoms with Crippen LogP contribution in [0.3, 0.4) is 0 Å². The Bertz CT molecular complexity index is 1000. The average Bonchev–Trinajstić information content (AvgIpc) is 3.29. The molecule has 6 nitrogen and oxygen atoms in total. The number of nitrogens with zero attached hydrogens (tertiary/aromatic N) is 2. The minimum atomic E-state index is -0.381. The first-order valence-corrected chi connectivity index (χ1v) is 8.97. The monoisotopic (exact) mass is 380 g/mol. The molecule has 3 aromatic rings. The van der Waals surface area contributed by atoms with Crippen LogP contribution in [0.4, 0.5) is 5.82 Å². The van der Waals surface area contributed by atoms with Crippen LogP contribution in [0.25, 0.3) is 16.9 Å². The van der Waals surface area contributed by atoms with Crippen molar-refractivity contribution < 1.29 is 9.59 Å². The lowest BCUT2D eigenvalue weighted by Crippen LogP contribution is -2.24. The summed E-state index contributed by atoms with van der Waals surface area (Å²) in [5.41, 5.74) is 2.56. The maximum absolute atomic E-state index is 12.4. The molecule has 136 valence electrons. The first kappa shape index (κ1) is 17.3. The van der Waals surface area contributed by atoms with Crippen LogP contribution in [-0.2, 0) is 9.59 Å². The van der Waals surface area contributed by atoms with Gasteiger partial charge < -0.3 is 10.6 Å². The molecule has 1 aromatic heterocycles. The summed E-state index contributed by atoms with van der Waals surface area (Å²) in [6, 6.07) is 18.9. The van der Waals surface area contributed by atoms with E-state index < -0.39 is 0 Å². The second-order valence-electron chi connectivity index (χ2n) is 6.37. The molecule has 0 radical (unpaired) electrons. The van der Waals surface area contributed by atoms with Gasteiger partial charge in [0.1, 0.15) is 0 Å². The van der Waals surface area contributed by atoms with E-state index in [1.54, 1.807) is 16.8 Å². The number of carbonyl (C=O) groups excluding carboxylic acids is 2. The number of para-hydroxylation sites is 1. The molecule has 1 aliphatic heterocycles. The zero-order valence-corrected chi connectivity index (χ0v) is 15.1. The Hall–Kier alpha value is -3.12. The van der Waals surface area contributed by atoms with E-state index in [-0.39, 0.29) is 24.2 Å². The highest BCUT2D eigenvalue weighted by Gasteiger charge is 2.28. The molecule has 1 aliphatic rings. The Morgan fingerprint density at radius 1 is 1.15 bits per heavy atom. The normalized spacial score (nSPS) is 16.2. The van der Waals surface area contributed by atoms with E-state index in [0.29, 0.717) is 17.4 Å². The fourth-order valence-electron chi connectivity index (χ4n) is 3.08. The molecule has 1 saturated heterocycles. The second-order valence-corrected chi connectivity index (χ2v) is 6.80. The van der Waals surface area contributed by atoms with Gasteiger partial charge in [-0.3, -0.25) is 9.59 Å². The van der Waals surface area contributed by atoms with Crippen LogP contribution in [-0.4, -0.2) is 28.1 Å². The summed E-state index contributed by atoms with van der Waals surface area (Å²) in [5, 5.41) is 10.7. The summed E-state index contributed by atoms with van der Waals surface area (Å²) in [6.07, 6.45) is 0.201. The van der Waals surface area contributed by atoms with Crippen molar-refractivity contribution in [1.29, 1.82) is 0 Å². The topological polar surface area (TPSA) is 76.0 Å². The molecule has 0 saturated carbocycles. The fourth-order valence-corrected chi connectivity index (χ4v) is 3.27. The summed E-state index contributed by atoms with van der Waals surface area (Å²) in [5.74, 6) is -0.277. The van der Waals surface area contributed by atoms with Crippen LogP contribution in [0.1, 0.15) is 6.42 Å². The zero-order valence-electron chi connectivity index (χ0n) is 14.4. The quantitative estimate of drug-likeness (QED) is 0.729. The summed E-state index contributed by atoms with van der Waals surface area (Å²) < 4.78 is 1.76. The lowest BCUT2D eigenvalue weighted by atomic mass is 10.1. The number of hydrogen-bond acceptors (Lipinski definition) is 3. The Labute approximate surface area is 161 Å². The number of benzene rings is 2. The van der Waals surface area contributed by atoms with Crippen molar-refractivity contribution in [2.75, 3.05) is 11.9 Å². The number of aromatic nitrogens is 2. The predicted molar refractivity (Wildman–Crippen MR) is 104 cm³/mol. The van der Waals surface area contributed by atoms with Gasteiger partial charge in [0.15, 0.2) is 5.82 Å². The van der Waals surface area contributed by atoms with E-state index in [9.17, 15) is 9.59 Å². The molecule has 1 atom stereocenters. The molecule has 0 aliphatic carbocycles. The smallest absolute Gasteiger partial charge is 0.230 e. The highest BCUT2D eigenvalue weighted by molar-refractivity contribution is 6.30. The van der Waals surface area contributed by atoms with Gasteiger partial charge in [0.05, 0.1) is 17.3 Å². The van der Waals surface area contributed by atoms with Gasteiger partial charge in [0, 0.05) is 29.6 Å². The van der Waals surface area contributed by atoms with Crippen LogP contribution in [0.15, 0.2) is 60.7 Å². The van der Waals surface area contributed by atoms with E-state index in [1.165, 1.54) is 0 Å². The van der Waals surface area contributed by atoms with Gasteiger partial charge in [0.25, 0.3) is 0 Å². The first-order chi connectivity index (χ1) is 13.1. The van der Waals surface area contributed by atoms with Gasteiger partial charge in [-0.1, -0.05) is 41.9 Å². The van der Waals surface area contributed by atoms with Crippen molar-refractivity contribution in [2.24, 2.45) is 5.92 Å². The van der Waals surface area contributed by atoms with Gasteiger partial charge in [-0.15, -0.1) is 5.10 Å². The number of hydrogen-bond donors (Lipinski definition) is 2. The summed E-state index contributed by atoms with van der Waals surface area (Å²) in [6.45, 7) is 0.352. The number of rotatable bonds is 4. The molecule has 2 aromatic carbocycles. The minimum Gasteiger partial charge on any atom is -0.355 e. The van der Waals surface area contributed by atoms with E-state index in [4.69, 9.17) is 11.6 Å². The standard InChI is InChI=1S/C20H17ClN4O2/c21-15-6-4-5-13(9-15)17-11-18(23-20(27)14-10-19(26)22-12-14)24-25(17)16-7-2-1-3-8-16/h1-9,11,14H,10,12H2,(H,22,26)(H,23,24,27)/t14-/m0/s1. The van der Waals surface area contributed by atoms with E-state index in [0.717, 1.165) is 16.9 Å². The highest BCUT2D eigenvalue weighted by Crippen LogP contribution is 2.28. The molecule has 27 heavy (non-hydrogen) atoms. The number of amides is 2. The molecule has 4 rings (SSSR count). The lowest BCUT2D eigenvalue weighted by Gasteiger charge is -2.07. The molecule has 2 amide bonds. The average molecular weight is 381 g/mol. The molecule has 0 spiro atoms. The lowest BCUT2D eigenvalue weighted by molar-refractivity contribution is -0.123. The third-order valence-corrected chi connectivity index (χ3v) is 4.67. The van der Waals surface area contributed by atoms with Crippen molar-refractivity contribution in [2.45, 2.75) is 6.42 Å². The molecule has 2 N–H and O–H groups in total. The van der Waals surface area contributed by atoms with Gasteiger partial charge in [-0.25, -0.2) is 4.68 Å². The Morgan fingerprint density at radius 2 is 1.96 bits per heavy atom. The SMILES string of the molecule is O=C1C[C@H](C(=O)Nc2cc(-c3cccc(Cl)c3)n(-c3ccccc3)n2)CN1. The number of nitrogens with one attached hydrogen (secondary N) is 2. The maximum Gasteiger partial charge on any atom is 0.230 e. The Kier molecular flexibility index (Phi) is 4.64. The molecule has 0 unspecified atom stereocenters. The van der Waals surface area contributed by atoms with Crippen LogP contribution in [0.5, 0.6) is 0 Å². The summed E-state index contributed by atoms with van der Waals surface area (Å²) in [7, 11) is 0. The Morgan fingerprint density at radius 3 is 2.67 bits per heavy atom. The molecular formula is C20H17ClN4O2. The first-order valence-electron chi connectivity index (χ1n) is 8.59. The summed E-state index contributed by atoms with van der Waals surface area (Å²) >= 11 is 6.15. The van der Waals surface area contributed by atoms with Crippen LogP contribution < -0.4 is 10.6 Å². The zero-order chi connectivity index (χ0) is 18.8. The summed E-state index contributed by atoms with van der Waals surface area (Å²) in [4.78, 5) is 23.8. The van der Waals surface area contributed by atoms with Crippen LogP contribution in [0.2, 0.25) is 5.02 Å². The molecule has 2 heterocycles. The number of anilines is 1. The van der Waals surface area contributed by atoms with E-state index in [1.807, 2.05) is 48.5 Å². The van der Waals surface area contributed by atoms with Gasteiger partial charge in [0.2, 0.25) is 11.8 Å². The second kappa shape index (κ2) is 7.25. The predicted octanol–water partition coefficient (Wildman–Crippen LogP) is 3.27. The fraction of sp³-hybridized carbons (Fsp3) is 0.150. The third kappa shape index (κ3) is 3.71. The Balaban J connectivity index is 1.69. The van der Waals surface area contributed by atoms with Crippen LogP contribution in [0, 0.1) is 5.92 Å². The molecule has 7 heteroatoms. The van der Waals surface area contributed by atoms with Gasteiger partial charge in [-0.05, 0) is 24.3 Å². The third-order valence-electron chi connectivity index (χ3n) is 4.43. The largest absolute Gasteiger partial charge is 0.355 e. The van der Waals surface area contributed by atoms with Crippen molar-refractivity contribution in [3.8, 4) is 16.9 Å². The molecule has 1 fully saturated rings. The van der Waals surface area contributed by atoms with Gasteiger partial charge in [-0.2, -0.15) is 0 Å². The van der Waals surface area contributed by atoms with Crippen molar-refractivity contribution in [1.82, 2.24) is 15.1 Å². The molecular weight excluding hydrogens is 364 g/mol. The maximum atomic E-state index is 12.4. The van der Waals surface area contributed by atoms with Crippen LogP contribution >= 0.6 is 11.6 Å². The van der Waals surface area contributed by atoms with Crippen molar-refractivity contribution in [3.05, 3.63) is 65.7 Å². The molecule has 0 bridgehead atoms. The van der Waals surface area contributed by atoms with E-state index in [2.05, 4.69) is 15.7 Å². The van der Waals surface area contributed by atoms with E-state index >= 15 is 0 Å². The van der Waals surface area contributed by atoms with Gasteiger partial charge >= 0.3 is 0 Å². The van der Waals surface area contributed by atoms with Crippen molar-refractivity contribution in [3.63, 3.8) is 0 Å².